The second kappa shape index (κ2) is 8.48. The second-order valence-corrected chi connectivity index (χ2v) is 5.60. The van der Waals surface area contributed by atoms with Gasteiger partial charge in [-0.05, 0) is 66.0 Å². The van der Waals surface area contributed by atoms with Crippen molar-refractivity contribution in [1.82, 2.24) is 5.32 Å². The van der Waals surface area contributed by atoms with Gasteiger partial charge in [0.1, 0.15) is 5.60 Å². The first-order valence-electron chi connectivity index (χ1n) is 6.35. The predicted octanol–water partition coefficient (Wildman–Crippen LogP) is 1.71. The van der Waals surface area contributed by atoms with E-state index in [-0.39, 0.29) is 11.7 Å². The van der Waals surface area contributed by atoms with Gasteiger partial charge in [-0.3, -0.25) is 4.79 Å². The molecule has 0 aliphatic carbocycles. The highest BCUT2D eigenvalue weighted by atomic mass is 16.5. The van der Waals surface area contributed by atoms with E-state index in [9.17, 15) is 4.79 Å². The van der Waals surface area contributed by atoms with Gasteiger partial charge in [0.05, 0.1) is 6.10 Å². The van der Waals surface area contributed by atoms with E-state index in [1.165, 1.54) is 12.8 Å². The van der Waals surface area contributed by atoms with Crippen molar-refractivity contribution < 1.29 is 14.6 Å². The summed E-state index contributed by atoms with van der Waals surface area (Å²) in [4.78, 5) is 9.60. The first-order valence-corrected chi connectivity index (χ1v) is 6.35. The first kappa shape index (κ1) is 16.4. The van der Waals surface area contributed by atoms with Gasteiger partial charge in [-0.25, -0.2) is 0 Å². The Morgan fingerprint density at radius 1 is 1.41 bits per heavy atom. The van der Waals surface area contributed by atoms with E-state index >= 15 is 0 Å². The zero-order valence-corrected chi connectivity index (χ0v) is 11.5. The van der Waals surface area contributed by atoms with E-state index in [4.69, 9.17) is 5.11 Å². The number of aliphatic hydroxyl groups is 1. The summed E-state index contributed by atoms with van der Waals surface area (Å²) in [6.45, 7) is 10.1. The highest BCUT2D eigenvalue weighted by Crippen LogP contribution is 2.17. The molecule has 0 radical (unpaired) electrons. The van der Waals surface area contributed by atoms with Gasteiger partial charge >= 0.3 is 0 Å². The second-order valence-electron chi connectivity index (χ2n) is 5.60. The van der Waals surface area contributed by atoms with Crippen molar-refractivity contribution in [3.05, 3.63) is 0 Å². The molecule has 1 saturated heterocycles. The lowest BCUT2D eigenvalue weighted by Crippen LogP contribution is -2.29. The number of hydrogen-bond donors (Lipinski definition) is 2. The fourth-order valence-electron chi connectivity index (χ4n) is 1.74. The van der Waals surface area contributed by atoms with Gasteiger partial charge in [-0.15, -0.1) is 0 Å². The van der Waals surface area contributed by atoms with Gasteiger partial charge in [0.25, 0.3) is 6.47 Å². The monoisotopic (exact) mass is 245 g/mol. The predicted molar refractivity (Wildman–Crippen MR) is 68.8 cm³/mol. The molecule has 0 saturated carbocycles. The van der Waals surface area contributed by atoms with Crippen LogP contribution in [0.2, 0.25) is 0 Å². The van der Waals surface area contributed by atoms with E-state index in [2.05, 4.69) is 10.1 Å². The van der Waals surface area contributed by atoms with E-state index < -0.39 is 0 Å². The average molecular weight is 245 g/mol. The lowest BCUT2D eigenvalue weighted by atomic mass is 9.93. The fourth-order valence-corrected chi connectivity index (χ4v) is 1.74. The van der Waals surface area contributed by atoms with Crippen LogP contribution in [0.4, 0.5) is 0 Å². The molecule has 1 fully saturated rings. The summed E-state index contributed by atoms with van der Waals surface area (Å²) in [7, 11) is 0. The number of aliphatic hydroxyl groups excluding tert-OH is 1. The normalized spacial score (nSPS) is 18.9. The Hall–Kier alpha value is -0.610. The maximum atomic E-state index is 9.60. The summed E-state index contributed by atoms with van der Waals surface area (Å²) in [5.41, 5.74) is -0.318. The molecule has 1 atom stereocenters. The van der Waals surface area contributed by atoms with Crippen molar-refractivity contribution in [2.45, 2.75) is 58.7 Å². The first-order chi connectivity index (χ1) is 7.85. The van der Waals surface area contributed by atoms with Crippen LogP contribution in [-0.2, 0) is 9.53 Å². The van der Waals surface area contributed by atoms with Gasteiger partial charge in [0, 0.05) is 0 Å². The average Bonchev–Trinajstić information content (AvgIpc) is 2.17. The molecular weight excluding hydrogens is 218 g/mol. The number of piperidine rings is 1. The fraction of sp³-hybridized carbons (Fsp3) is 0.923. The van der Waals surface area contributed by atoms with Gasteiger partial charge in [0.2, 0.25) is 0 Å². The number of hydrogen-bond acceptors (Lipinski definition) is 4. The van der Waals surface area contributed by atoms with Crippen molar-refractivity contribution in [3.63, 3.8) is 0 Å². The minimum Gasteiger partial charge on any atom is -0.462 e. The molecule has 0 amide bonds. The topological polar surface area (TPSA) is 58.6 Å². The SMILES string of the molecule is CC(C)(C)OC=O.CC(O)CC1CCNCC1. The van der Waals surface area contributed by atoms with Gasteiger partial charge in [-0.2, -0.15) is 0 Å². The molecule has 1 aliphatic rings. The van der Waals surface area contributed by atoms with Crippen LogP contribution in [0, 0.1) is 5.92 Å². The Kier molecular flexibility index (Phi) is 8.17. The molecule has 17 heavy (non-hydrogen) atoms. The molecule has 0 aromatic carbocycles. The van der Waals surface area contributed by atoms with Gasteiger partial charge < -0.3 is 15.2 Å². The highest BCUT2D eigenvalue weighted by Gasteiger charge is 2.14. The van der Waals surface area contributed by atoms with E-state index in [0.717, 1.165) is 25.4 Å². The van der Waals surface area contributed by atoms with Crippen LogP contribution in [0.3, 0.4) is 0 Å². The Morgan fingerprint density at radius 3 is 2.24 bits per heavy atom. The van der Waals surface area contributed by atoms with E-state index in [0.29, 0.717) is 6.47 Å². The van der Waals surface area contributed by atoms with Crippen molar-refractivity contribution in [1.29, 1.82) is 0 Å². The van der Waals surface area contributed by atoms with Crippen molar-refractivity contribution >= 4 is 6.47 Å². The van der Waals surface area contributed by atoms with Crippen LogP contribution >= 0.6 is 0 Å². The van der Waals surface area contributed by atoms with Crippen molar-refractivity contribution in [3.8, 4) is 0 Å². The standard InChI is InChI=1S/C8H17NO.C5H10O2/c1-7(10)6-8-2-4-9-5-3-8;1-5(2,3)7-4-6/h7-10H,2-6H2,1H3;4H,1-3H3. The summed E-state index contributed by atoms with van der Waals surface area (Å²) in [5, 5.41) is 12.4. The van der Waals surface area contributed by atoms with Crippen molar-refractivity contribution in [2.24, 2.45) is 5.92 Å². The Bertz CT molecular complexity index is 193. The molecule has 1 aliphatic heterocycles. The zero-order chi connectivity index (χ0) is 13.3. The molecule has 0 spiro atoms. The number of ether oxygens (including phenoxy) is 1. The number of carbonyl (C=O) groups is 1. The zero-order valence-electron chi connectivity index (χ0n) is 11.5. The quantitative estimate of drug-likeness (QED) is 0.743. The number of nitrogens with one attached hydrogen (secondary N) is 1. The minimum atomic E-state index is -0.318. The molecule has 102 valence electrons. The molecule has 1 rings (SSSR count). The van der Waals surface area contributed by atoms with Crippen LogP contribution in [0.5, 0.6) is 0 Å². The summed E-state index contributed by atoms with van der Waals surface area (Å²) in [6, 6.07) is 0. The molecule has 0 aromatic heterocycles. The maximum absolute atomic E-state index is 9.60. The van der Waals surface area contributed by atoms with Crippen LogP contribution in [0.1, 0.15) is 47.0 Å². The summed E-state index contributed by atoms with van der Waals surface area (Å²) >= 11 is 0. The third kappa shape index (κ3) is 11.6. The molecule has 1 heterocycles. The lowest BCUT2D eigenvalue weighted by Gasteiger charge is -2.23. The summed E-state index contributed by atoms with van der Waals surface area (Å²) in [5.74, 6) is 0.765. The summed E-state index contributed by atoms with van der Waals surface area (Å²) in [6.07, 6.45) is 3.36. The minimum absolute atomic E-state index is 0.108. The number of rotatable bonds is 3. The van der Waals surface area contributed by atoms with Crippen LogP contribution in [-0.4, -0.2) is 36.4 Å². The van der Waals surface area contributed by atoms with Crippen LogP contribution in [0.25, 0.3) is 0 Å². The largest absolute Gasteiger partial charge is 0.462 e. The third-order valence-electron chi connectivity index (χ3n) is 2.53. The Labute approximate surface area is 105 Å². The van der Waals surface area contributed by atoms with E-state index in [1.807, 2.05) is 27.7 Å². The molecule has 0 bridgehead atoms. The third-order valence-corrected chi connectivity index (χ3v) is 2.53. The van der Waals surface area contributed by atoms with Crippen LogP contribution < -0.4 is 5.32 Å². The van der Waals surface area contributed by atoms with E-state index in [1.54, 1.807) is 0 Å². The molecule has 0 aromatic rings. The highest BCUT2D eigenvalue weighted by molar-refractivity contribution is 5.37. The molecule has 1 unspecified atom stereocenters. The van der Waals surface area contributed by atoms with Crippen LogP contribution in [0.15, 0.2) is 0 Å². The smallest absolute Gasteiger partial charge is 0.293 e. The molecule has 4 nitrogen and oxygen atoms in total. The molecule has 2 N–H and O–H groups in total. The van der Waals surface area contributed by atoms with Gasteiger partial charge in [-0.1, -0.05) is 0 Å². The Morgan fingerprint density at radius 2 is 1.94 bits per heavy atom. The van der Waals surface area contributed by atoms with Crippen molar-refractivity contribution in [2.75, 3.05) is 13.1 Å². The lowest BCUT2D eigenvalue weighted by molar-refractivity contribution is -0.138. The Balaban J connectivity index is 0.000000325. The van der Waals surface area contributed by atoms with Gasteiger partial charge in [0.15, 0.2) is 0 Å². The molecule has 4 heteroatoms. The summed E-state index contributed by atoms with van der Waals surface area (Å²) < 4.78 is 4.55. The molecular formula is C13H27NO3. The number of carbonyl (C=O) groups excluding carboxylic acids is 1. The maximum Gasteiger partial charge on any atom is 0.293 e.